The summed E-state index contributed by atoms with van der Waals surface area (Å²) in [4.78, 5) is 12.6. The zero-order valence-corrected chi connectivity index (χ0v) is 20.4. The molecule has 3 aliphatic rings. The number of alkyl halides is 1. The van der Waals surface area contributed by atoms with E-state index in [-0.39, 0.29) is 31.0 Å². The molecule has 4 rings (SSSR count). The van der Waals surface area contributed by atoms with Gasteiger partial charge in [-0.1, -0.05) is 45.6 Å². The van der Waals surface area contributed by atoms with E-state index in [1.807, 2.05) is 6.92 Å². The van der Waals surface area contributed by atoms with Gasteiger partial charge < -0.3 is 18.9 Å². The number of carbonyl (C=O) groups excluding carboxylic acids is 1. The zero-order valence-electron chi connectivity index (χ0n) is 20.4. The lowest BCUT2D eigenvalue weighted by Crippen LogP contribution is -2.41. The van der Waals surface area contributed by atoms with E-state index in [1.54, 1.807) is 6.07 Å². The first kappa shape index (κ1) is 25.5. The van der Waals surface area contributed by atoms with Gasteiger partial charge in [-0.25, -0.2) is 8.78 Å². The van der Waals surface area contributed by atoms with E-state index in [2.05, 4.69) is 6.92 Å². The Hall–Kier alpha value is -1.57. The van der Waals surface area contributed by atoms with Crippen molar-refractivity contribution in [3.8, 4) is 5.75 Å². The molecule has 1 aliphatic carbocycles. The molecular weight excluding hydrogens is 442 g/mol. The van der Waals surface area contributed by atoms with Gasteiger partial charge in [0.2, 0.25) is 0 Å². The first-order valence-corrected chi connectivity index (χ1v) is 13.0. The van der Waals surface area contributed by atoms with Crippen LogP contribution in [0.3, 0.4) is 0 Å². The summed E-state index contributed by atoms with van der Waals surface area (Å²) in [5.41, 5.74) is -1.08. The monoisotopic (exact) mass is 480 g/mol. The number of carbonyl (C=O) groups is 1. The van der Waals surface area contributed by atoms with Crippen molar-refractivity contribution in [1.82, 2.24) is 0 Å². The van der Waals surface area contributed by atoms with Crippen LogP contribution in [-0.2, 0) is 19.0 Å². The predicted octanol–water partition coefficient (Wildman–Crippen LogP) is 6.30. The standard InChI is InChI=1S/C27H38F2O5/c1-3-13-27(29)16-32-26(33-17-27)20-9-12-24(22(28)14-20)34-25(30)21-10-11-23(31-15-21)19-7-5-18(4-2)6-8-19/h9,12,14,18-19,21,23,26H,3-8,10-11,13,15-17H2,1-2H3. The maximum atomic E-state index is 14.7. The summed E-state index contributed by atoms with van der Waals surface area (Å²) in [6, 6.07) is 4.21. The van der Waals surface area contributed by atoms with Crippen LogP contribution in [0.1, 0.15) is 83.5 Å². The summed E-state index contributed by atoms with van der Waals surface area (Å²) in [5, 5.41) is 0. The van der Waals surface area contributed by atoms with E-state index < -0.39 is 23.7 Å². The maximum Gasteiger partial charge on any atom is 0.316 e. The number of benzene rings is 1. The molecule has 1 aromatic rings. The van der Waals surface area contributed by atoms with Gasteiger partial charge in [0.05, 0.1) is 31.8 Å². The minimum atomic E-state index is -1.50. The van der Waals surface area contributed by atoms with Gasteiger partial charge in [-0.3, -0.25) is 4.79 Å². The van der Waals surface area contributed by atoms with Gasteiger partial charge in [-0.15, -0.1) is 0 Å². The predicted molar refractivity (Wildman–Crippen MR) is 124 cm³/mol. The summed E-state index contributed by atoms with van der Waals surface area (Å²) in [6.07, 6.45) is 8.16. The normalized spacial score (nSPS) is 34.5. The van der Waals surface area contributed by atoms with Crippen LogP contribution in [-0.4, -0.2) is 37.6 Å². The van der Waals surface area contributed by atoms with Crippen LogP contribution in [0.2, 0.25) is 0 Å². The summed E-state index contributed by atoms with van der Waals surface area (Å²) in [7, 11) is 0. The lowest BCUT2D eigenvalue weighted by Gasteiger charge is -2.37. The molecule has 2 unspecified atom stereocenters. The zero-order chi connectivity index (χ0) is 24.1. The number of rotatable bonds is 7. The molecule has 0 spiro atoms. The molecule has 0 aromatic heterocycles. The minimum absolute atomic E-state index is 0.0907. The highest BCUT2D eigenvalue weighted by Crippen LogP contribution is 2.37. The largest absolute Gasteiger partial charge is 0.423 e. The molecule has 2 heterocycles. The highest BCUT2D eigenvalue weighted by atomic mass is 19.1. The Kier molecular flexibility index (Phi) is 8.59. The molecule has 0 amide bonds. The van der Waals surface area contributed by atoms with Gasteiger partial charge in [0, 0.05) is 5.56 Å². The van der Waals surface area contributed by atoms with E-state index in [0.717, 1.165) is 12.3 Å². The average Bonchev–Trinajstić information content (AvgIpc) is 2.86. The van der Waals surface area contributed by atoms with E-state index in [0.29, 0.717) is 37.4 Å². The van der Waals surface area contributed by atoms with Crippen LogP contribution in [0.25, 0.3) is 0 Å². The SMILES string of the molecule is CCCC1(F)COC(c2ccc(OC(=O)C3CCC(C4CCC(CC)CC4)OC3)c(F)c2)OC1. The average molecular weight is 481 g/mol. The molecule has 7 heteroatoms. The minimum Gasteiger partial charge on any atom is -0.423 e. The molecule has 34 heavy (non-hydrogen) atoms. The van der Waals surface area contributed by atoms with Gasteiger partial charge in [0.1, 0.15) is 0 Å². The van der Waals surface area contributed by atoms with Crippen LogP contribution < -0.4 is 4.74 Å². The van der Waals surface area contributed by atoms with Gasteiger partial charge >= 0.3 is 5.97 Å². The van der Waals surface area contributed by atoms with Crippen molar-refractivity contribution in [2.24, 2.45) is 17.8 Å². The Morgan fingerprint density at radius 3 is 2.38 bits per heavy atom. The number of ether oxygens (including phenoxy) is 4. The first-order valence-electron chi connectivity index (χ1n) is 13.0. The van der Waals surface area contributed by atoms with Crippen LogP contribution in [0.15, 0.2) is 18.2 Å². The van der Waals surface area contributed by atoms with Gasteiger partial charge in [-0.2, -0.15) is 0 Å². The summed E-state index contributed by atoms with van der Waals surface area (Å²) < 4.78 is 51.6. The lowest BCUT2D eigenvalue weighted by atomic mass is 9.76. The third-order valence-corrected chi connectivity index (χ3v) is 7.76. The second kappa shape index (κ2) is 11.4. The van der Waals surface area contributed by atoms with Crippen molar-refractivity contribution in [3.63, 3.8) is 0 Å². The van der Waals surface area contributed by atoms with E-state index >= 15 is 0 Å². The molecule has 2 aliphatic heterocycles. The second-order valence-corrected chi connectivity index (χ2v) is 10.3. The molecular formula is C27H38F2O5. The number of halogens is 2. The first-order chi connectivity index (χ1) is 16.4. The fourth-order valence-corrected chi connectivity index (χ4v) is 5.56. The Bertz CT molecular complexity index is 807. The van der Waals surface area contributed by atoms with Crippen molar-refractivity contribution in [2.45, 2.75) is 89.7 Å². The Morgan fingerprint density at radius 1 is 1.06 bits per heavy atom. The van der Waals surface area contributed by atoms with Crippen molar-refractivity contribution in [2.75, 3.05) is 19.8 Å². The lowest BCUT2D eigenvalue weighted by molar-refractivity contribution is -0.239. The smallest absolute Gasteiger partial charge is 0.316 e. The van der Waals surface area contributed by atoms with Crippen LogP contribution in [0, 0.1) is 23.6 Å². The van der Waals surface area contributed by atoms with E-state index in [4.69, 9.17) is 18.9 Å². The van der Waals surface area contributed by atoms with E-state index in [1.165, 1.54) is 44.2 Å². The third-order valence-electron chi connectivity index (χ3n) is 7.76. The molecule has 2 saturated heterocycles. The Morgan fingerprint density at radius 2 is 1.79 bits per heavy atom. The van der Waals surface area contributed by atoms with Crippen molar-refractivity contribution in [1.29, 1.82) is 0 Å². The molecule has 5 nitrogen and oxygen atoms in total. The van der Waals surface area contributed by atoms with Crippen LogP contribution in [0.4, 0.5) is 8.78 Å². The summed E-state index contributed by atoms with van der Waals surface area (Å²) in [6.45, 7) is 4.30. The van der Waals surface area contributed by atoms with Gasteiger partial charge in [0.25, 0.3) is 0 Å². The van der Waals surface area contributed by atoms with Gasteiger partial charge in [0.15, 0.2) is 23.5 Å². The van der Waals surface area contributed by atoms with Crippen LogP contribution in [0.5, 0.6) is 5.75 Å². The highest BCUT2D eigenvalue weighted by molar-refractivity contribution is 5.75. The molecule has 0 radical (unpaired) electrons. The Balaban J connectivity index is 1.25. The topological polar surface area (TPSA) is 54.0 Å². The summed E-state index contributed by atoms with van der Waals surface area (Å²) >= 11 is 0. The fourth-order valence-electron chi connectivity index (χ4n) is 5.56. The molecule has 2 atom stereocenters. The fraction of sp³-hybridized carbons (Fsp3) is 0.741. The highest BCUT2D eigenvalue weighted by Gasteiger charge is 2.37. The molecule has 0 N–H and O–H groups in total. The van der Waals surface area contributed by atoms with Crippen molar-refractivity contribution in [3.05, 3.63) is 29.6 Å². The number of esters is 1. The number of hydrogen-bond donors (Lipinski definition) is 0. The molecule has 1 saturated carbocycles. The molecule has 1 aromatic carbocycles. The summed E-state index contributed by atoms with van der Waals surface area (Å²) in [5.74, 6) is -0.228. The Labute approximate surface area is 201 Å². The quantitative estimate of drug-likeness (QED) is 0.339. The van der Waals surface area contributed by atoms with Gasteiger partial charge in [-0.05, 0) is 56.1 Å². The van der Waals surface area contributed by atoms with Crippen LogP contribution >= 0.6 is 0 Å². The number of hydrogen-bond acceptors (Lipinski definition) is 5. The van der Waals surface area contributed by atoms with E-state index in [9.17, 15) is 13.6 Å². The molecule has 0 bridgehead atoms. The maximum absolute atomic E-state index is 14.7. The van der Waals surface area contributed by atoms with Crippen molar-refractivity contribution >= 4 is 5.97 Å². The second-order valence-electron chi connectivity index (χ2n) is 10.3. The molecule has 3 fully saturated rings. The van der Waals surface area contributed by atoms with Crippen molar-refractivity contribution < 1.29 is 32.5 Å². The molecule has 190 valence electrons. The third kappa shape index (κ3) is 6.16.